The van der Waals surface area contributed by atoms with Gasteiger partial charge in [-0.2, -0.15) is 0 Å². The van der Waals surface area contributed by atoms with Crippen LogP contribution >= 0.6 is 11.3 Å². The van der Waals surface area contributed by atoms with Gasteiger partial charge >= 0.3 is 0 Å². The van der Waals surface area contributed by atoms with Gasteiger partial charge in [-0.1, -0.05) is 0 Å². The van der Waals surface area contributed by atoms with Gasteiger partial charge in [0.05, 0.1) is 15.2 Å². The molecule has 1 heterocycles. The maximum atomic E-state index is 8.36. The zero-order valence-corrected chi connectivity index (χ0v) is 10.2. The van der Waals surface area contributed by atoms with Crippen LogP contribution in [0.2, 0.25) is 0 Å². The van der Waals surface area contributed by atoms with Gasteiger partial charge < -0.3 is 16.3 Å². The smallest absolute Gasteiger partial charge is 0.291 e. The van der Waals surface area contributed by atoms with E-state index >= 15 is 0 Å². The molecule has 0 saturated carbocycles. The number of aryl methyl sites for hydroxylation is 1. The number of hydrogen-bond donors (Lipinski definition) is 4. The number of anilines is 1. The van der Waals surface area contributed by atoms with Gasteiger partial charge in [0.25, 0.3) is 5.09 Å². The maximum Gasteiger partial charge on any atom is 0.291 e. The lowest BCUT2D eigenvalue weighted by atomic mass is 10.3. The molecular formula is C9H11N5O3S. The second kappa shape index (κ2) is 5.77. The normalized spacial score (nSPS) is 9.39. The van der Waals surface area contributed by atoms with Crippen molar-refractivity contribution in [3.8, 4) is 0 Å². The van der Waals surface area contributed by atoms with E-state index in [0.29, 0.717) is 0 Å². The SMILES string of the molecule is Cc1nc2cc(NC(=N)N)ccc2s1.O=[N+]([O-])O. The van der Waals surface area contributed by atoms with Gasteiger partial charge in [0.1, 0.15) is 0 Å². The molecule has 0 aliphatic rings. The number of hydrogen-bond acceptors (Lipinski definition) is 5. The summed E-state index contributed by atoms with van der Waals surface area (Å²) in [7, 11) is 0. The lowest BCUT2D eigenvalue weighted by molar-refractivity contribution is -0.742. The Bertz CT molecular complexity index is 579. The maximum absolute atomic E-state index is 8.36. The van der Waals surface area contributed by atoms with Crippen molar-refractivity contribution in [2.24, 2.45) is 5.73 Å². The van der Waals surface area contributed by atoms with Crippen LogP contribution in [0.15, 0.2) is 18.2 Å². The van der Waals surface area contributed by atoms with Crippen molar-refractivity contribution in [1.29, 1.82) is 5.41 Å². The molecule has 0 amide bonds. The summed E-state index contributed by atoms with van der Waals surface area (Å²) in [4.78, 5) is 12.7. The minimum atomic E-state index is -1.50. The monoisotopic (exact) mass is 269 g/mol. The number of thiazole rings is 1. The Labute approximate surface area is 106 Å². The van der Waals surface area contributed by atoms with E-state index in [1.807, 2.05) is 25.1 Å². The minimum Gasteiger partial charge on any atom is -0.370 e. The summed E-state index contributed by atoms with van der Waals surface area (Å²) in [6, 6.07) is 5.76. The van der Waals surface area contributed by atoms with E-state index in [1.165, 1.54) is 0 Å². The van der Waals surface area contributed by atoms with Gasteiger partial charge in [-0.15, -0.1) is 21.5 Å². The van der Waals surface area contributed by atoms with Crippen LogP contribution in [0.4, 0.5) is 5.69 Å². The van der Waals surface area contributed by atoms with Crippen molar-refractivity contribution in [2.45, 2.75) is 6.92 Å². The number of rotatable bonds is 1. The zero-order chi connectivity index (χ0) is 13.7. The Morgan fingerprint density at radius 3 is 2.83 bits per heavy atom. The highest BCUT2D eigenvalue weighted by Crippen LogP contribution is 2.24. The third kappa shape index (κ3) is 4.22. The highest BCUT2D eigenvalue weighted by molar-refractivity contribution is 7.18. The van der Waals surface area contributed by atoms with Crippen molar-refractivity contribution in [1.82, 2.24) is 4.98 Å². The van der Waals surface area contributed by atoms with Crippen molar-refractivity contribution in [3.63, 3.8) is 0 Å². The molecule has 0 unspecified atom stereocenters. The molecule has 1 aromatic heterocycles. The van der Waals surface area contributed by atoms with Crippen LogP contribution in [-0.2, 0) is 0 Å². The number of nitrogens with one attached hydrogen (secondary N) is 2. The molecule has 1 aromatic carbocycles. The molecule has 0 fully saturated rings. The van der Waals surface area contributed by atoms with E-state index in [9.17, 15) is 0 Å². The molecule has 0 atom stereocenters. The molecule has 0 radical (unpaired) electrons. The first-order valence-electron chi connectivity index (χ1n) is 4.70. The van der Waals surface area contributed by atoms with E-state index in [4.69, 9.17) is 26.5 Å². The highest BCUT2D eigenvalue weighted by atomic mass is 32.1. The largest absolute Gasteiger partial charge is 0.370 e. The zero-order valence-electron chi connectivity index (χ0n) is 9.38. The molecule has 96 valence electrons. The second-order valence-electron chi connectivity index (χ2n) is 3.19. The Morgan fingerprint density at radius 2 is 2.28 bits per heavy atom. The topological polar surface area (TPSA) is 138 Å². The Kier molecular flexibility index (Phi) is 4.38. The van der Waals surface area contributed by atoms with E-state index < -0.39 is 5.09 Å². The summed E-state index contributed by atoms with van der Waals surface area (Å²) in [5.74, 6) is -0.0590. The van der Waals surface area contributed by atoms with Gasteiger partial charge in [-0.3, -0.25) is 5.41 Å². The van der Waals surface area contributed by atoms with Crippen LogP contribution in [-0.4, -0.2) is 21.2 Å². The molecule has 0 saturated heterocycles. The first-order valence-corrected chi connectivity index (χ1v) is 5.51. The predicted octanol–water partition coefficient (Wildman–Crippen LogP) is 1.56. The first kappa shape index (κ1) is 13.6. The molecule has 2 rings (SSSR count). The average molecular weight is 269 g/mol. The van der Waals surface area contributed by atoms with Crippen LogP contribution in [0.1, 0.15) is 5.01 Å². The lowest BCUT2D eigenvalue weighted by Gasteiger charge is -2.01. The van der Waals surface area contributed by atoms with Crippen molar-refractivity contribution in [2.75, 3.05) is 5.32 Å². The predicted molar refractivity (Wildman–Crippen MR) is 68.7 cm³/mol. The van der Waals surface area contributed by atoms with Gasteiger partial charge in [-0.25, -0.2) is 4.98 Å². The fourth-order valence-electron chi connectivity index (χ4n) is 1.28. The van der Waals surface area contributed by atoms with Crippen LogP contribution in [0.25, 0.3) is 10.2 Å². The highest BCUT2D eigenvalue weighted by Gasteiger charge is 2.01. The van der Waals surface area contributed by atoms with Gasteiger partial charge in [-0.05, 0) is 25.1 Å². The molecule has 5 N–H and O–H groups in total. The van der Waals surface area contributed by atoms with Gasteiger partial charge in [0.15, 0.2) is 5.96 Å². The number of aromatic nitrogens is 1. The van der Waals surface area contributed by atoms with Gasteiger partial charge in [0, 0.05) is 5.69 Å². The molecule has 0 bridgehead atoms. The van der Waals surface area contributed by atoms with E-state index in [0.717, 1.165) is 20.9 Å². The minimum absolute atomic E-state index is 0.0590. The first-order chi connectivity index (χ1) is 8.38. The molecule has 9 heteroatoms. The summed E-state index contributed by atoms with van der Waals surface area (Å²) in [5, 5.41) is 24.5. The molecule has 0 aliphatic heterocycles. The third-order valence-electron chi connectivity index (χ3n) is 1.77. The van der Waals surface area contributed by atoms with Crippen molar-refractivity contribution >= 4 is 33.2 Å². The molecule has 18 heavy (non-hydrogen) atoms. The Hall–Kier alpha value is -2.42. The van der Waals surface area contributed by atoms with Crippen molar-refractivity contribution < 1.29 is 10.3 Å². The van der Waals surface area contributed by atoms with Gasteiger partial charge in [0.2, 0.25) is 0 Å². The number of nitrogens with zero attached hydrogens (tertiary/aromatic N) is 2. The lowest BCUT2D eigenvalue weighted by Crippen LogP contribution is -2.20. The fraction of sp³-hybridized carbons (Fsp3) is 0.111. The number of nitrogens with two attached hydrogens (primary N) is 1. The number of fused-ring (bicyclic) bond motifs is 1. The van der Waals surface area contributed by atoms with Crippen LogP contribution in [0.3, 0.4) is 0 Å². The summed E-state index contributed by atoms with van der Waals surface area (Å²) in [5.41, 5.74) is 6.97. The summed E-state index contributed by atoms with van der Waals surface area (Å²) in [6.45, 7) is 1.97. The van der Waals surface area contributed by atoms with Crippen LogP contribution < -0.4 is 11.1 Å². The molecular weight excluding hydrogens is 258 g/mol. The second-order valence-corrected chi connectivity index (χ2v) is 4.43. The Balaban J connectivity index is 0.000000357. The molecule has 2 aromatic rings. The number of guanidine groups is 1. The van der Waals surface area contributed by atoms with E-state index in [-0.39, 0.29) is 5.96 Å². The van der Waals surface area contributed by atoms with E-state index in [2.05, 4.69) is 10.3 Å². The summed E-state index contributed by atoms with van der Waals surface area (Å²) >= 11 is 1.66. The average Bonchev–Trinajstić information content (AvgIpc) is 2.55. The molecule has 8 nitrogen and oxygen atoms in total. The molecule has 0 spiro atoms. The third-order valence-corrected chi connectivity index (χ3v) is 2.73. The fourth-order valence-corrected chi connectivity index (χ4v) is 2.08. The summed E-state index contributed by atoms with van der Waals surface area (Å²) < 4.78 is 1.15. The quantitative estimate of drug-likeness (QED) is 0.268. The van der Waals surface area contributed by atoms with Crippen LogP contribution in [0, 0.1) is 22.4 Å². The summed E-state index contributed by atoms with van der Waals surface area (Å²) in [6.07, 6.45) is 0. The standard InChI is InChI=1S/C9H10N4S.HNO3/c1-5-12-7-4-6(13-9(10)11)2-3-8(7)14-5;2-1(3)4/h2-4H,1H3,(H4,10,11,13);(H,2,3,4). The molecule has 0 aliphatic carbocycles. The number of benzene rings is 1. The Morgan fingerprint density at radius 1 is 1.67 bits per heavy atom. The van der Waals surface area contributed by atoms with Crippen molar-refractivity contribution in [3.05, 3.63) is 33.3 Å². The van der Waals surface area contributed by atoms with Crippen LogP contribution in [0.5, 0.6) is 0 Å². The van der Waals surface area contributed by atoms with E-state index in [1.54, 1.807) is 11.3 Å².